The highest BCUT2D eigenvalue weighted by molar-refractivity contribution is 5.70. The minimum absolute atomic E-state index is 0.0484. The molecule has 2 rings (SSSR count). The number of benzene rings is 1. The Bertz CT molecular complexity index is 487. The van der Waals surface area contributed by atoms with Crippen LogP contribution >= 0.6 is 0 Å². The molecule has 0 bridgehead atoms. The molecule has 1 aliphatic rings. The van der Waals surface area contributed by atoms with Crippen molar-refractivity contribution in [2.45, 2.75) is 18.9 Å². The Labute approximate surface area is 104 Å². The summed E-state index contributed by atoms with van der Waals surface area (Å²) in [7, 11) is 1.33. The molecule has 0 radical (unpaired) electrons. The van der Waals surface area contributed by atoms with E-state index in [-0.39, 0.29) is 24.1 Å². The number of nitrogens with one attached hydrogen (secondary N) is 1. The van der Waals surface area contributed by atoms with Crippen LogP contribution in [0.25, 0.3) is 0 Å². The van der Waals surface area contributed by atoms with Crippen LogP contribution in [0.1, 0.15) is 23.6 Å². The molecule has 1 aromatic carbocycles. The average Bonchev–Trinajstić information content (AvgIpc) is 2.38. The van der Waals surface area contributed by atoms with Crippen molar-refractivity contribution in [1.29, 1.82) is 0 Å². The quantitative estimate of drug-likeness (QED) is 0.497. The van der Waals surface area contributed by atoms with Crippen LogP contribution in [0.4, 0.5) is 5.69 Å². The predicted molar refractivity (Wildman–Crippen MR) is 64.2 cm³/mol. The number of fused-ring (bicyclic) bond motifs is 1. The monoisotopic (exact) mass is 250 g/mol. The van der Waals surface area contributed by atoms with Crippen LogP contribution in [-0.4, -0.2) is 24.5 Å². The Hall–Kier alpha value is -1.95. The molecule has 0 aromatic heterocycles. The summed E-state index contributed by atoms with van der Waals surface area (Å²) in [5, 5.41) is 13.9. The molecule has 0 amide bonds. The first-order valence-corrected chi connectivity index (χ1v) is 5.69. The zero-order valence-corrected chi connectivity index (χ0v) is 10.0. The third-order valence-corrected chi connectivity index (χ3v) is 3.10. The van der Waals surface area contributed by atoms with Crippen molar-refractivity contribution < 1.29 is 14.5 Å². The van der Waals surface area contributed by atoms with E-state index in [1.165, 1.54) is 19.2 Å². The zero-order valence-electron chi connectivity index (χ0n) is 10.0. The van der Waals surface area contributed by atoms with Gasteiger partial charge in [-0.05, 0) is 24.1 Å². The molecule has 1 atom stereocenters. The second kappa shape index (κ2) is 5.14. The Balaban J connectivity index is 2.31. The van der Waals surface area contributed by atoms with E-state index >= 15 is 0 Å². The van der Waals surface area contributed by atoms with Crippen molar-refractivity contribution in [3.8, 4) is 0 Å². The fourth-order valence-electron chi connectivity index (χ4n) is 2.17. The van der Waals surface area contributed by atoms with Gasteiger partial charge in [0, 0.05) is 18.2 Å². The van der Waals surface area contributed by atoms with E-state index < -0.39 is 4.92 Å². The standard InChI is InChI=1S/C12H14N2O4/c1-18-12(15)7-11-10-6-9(14(16)17)3-2-8(10)4-5-13-11/h2-3,6,11,13H,4-5,7H2,1H3. The van der Waals surface area contributed by atoms with Crippen LogP contribution in [-0.2, 0) is 16.0 Å². The van der Waals surface area contributed by atoms with Gasteiger partial charge in [-0.3, -0.25) is 14.9 Å². The number of non-ortho nitro benzene ring substituents is 1. The molecule has 1 heterocycles. The number of methoxy groups -OCH3 is 1. The van der Waals surface area contributed by atoms with Crippen LogP contribution in [0.5, 0.6) is 0 Å². The van der Waals surface area contributed by atoms with Crippen LogP contribution < -0.4 is 5.32 Å². The third-order valence-electron chi connectivity index (χ3n) is 3.10. The fraction of sp³-hybridized carbons (Fsp3) is 0.417. The van der Waals surface area contributed by atoms with Crippen molar-refractivity contribution >= 4 is 11.7 Å². The second-order valence-corrected chi connectivity index (χ2v) is 4.18. The SMILES string of the molecule is COC(=O)CC1NCCc2ccc([N+](=O)[O-])cc21. The van der Waals surface area contributed by atoms with E-state index in [4.69, 9.17) is 0 Å². The van der Waals surface area contributed by atoms with E-state index in [1.807, 2.05) is 0 Å². The molecule has 1 aliphatic heterocycles. The molecule has 1 N–H and O–H groups in total. The Kier molecular flexibility index (Phi) is 3.57. The normalized spacial score (nSPS) is 17.9. The number of hydrogen-bond acceptors (Lipinski definition) is 5. The molecule has 1 unspecified atom stereocenters. The maximum absolute atomic E-state index is 11.3. The second-order valence-electron chi connectivity index (χ2n) is 4.18. The maximum atomic E-state index is 11.3. The predicted octanol–water partition coefficient (Wildman–Crippen LogP) is 1.34. The van der Waals surface area contributed by atoms with Crippen LogP contribution in [0, 0.1) is 10.1 Å². The number of esters is 1. The van der Waals surface area contributed by atoms with Crippen molar-refractivity contribution in [2.24, 2.45) is 0 Å². The molecule has 0 saturated carbocycles. The number of carbonyl (C=O) groups excluding carboxylic acids is 1. The highest BCUT2D eigenvalue weighted by Gasteiger charge is 2.24. The molecule has 0 spiro atoms. The van der Waals surface area contributed by atoms with E-state index in [9.17, 15) is 14.9 Å². The summed E-state index contributed by atoms with van der Waals surface area (Å²) in [6.07, 6.45) is 0.996. The molecule has 0 fully saturated rings. The molecule has 6 nitrogen and oxygen atoms in total. The lowest BCUT2D eigenvalue weighted by Crippen LogP contribution is -2.31. The first-order chi connectivity index (χ1) is 8.61. The summed E-state index contributed by atoms with van der Waals surface area (Å²) in [5.74, 6) is -0.327. The largest absolute Gasteiger partial charge is 0.469 e. The highest BCUT2D eigenvalue weighted by atomic mass is 16.6. The average molecular weight is 250 g/mol. The summed E-state index contributed by atoms with van der Waals surface area (Å²) in [5.41, 5.74) is 1.92. The van der Waals surface area contributed by atoms with Gasteiger partial charge in [-0.2, -0.15) is 0 Å². The first kappa shape index (κ1) is 12.5. The van der Waals surface area contributed by atoms with Gasteiger partial charge < -0.3 is 10.1 Å². The van der Waals surface area contributed by atoms with Crippen molar-refractivity contribution in [3.05, 3.63) is 39.4 Å². The van der Waals surface area contributed by atoms with Crippen LogP contribution in [0.15, 0.2) is 18.2 Å². The molecule has 6 heteroatoms. The topological polar surface area (TPSA) is 81.5 Å². The molecule has 96 valence electrons. The molecule has 0 saturated heterocycles. The van der Waals surface area contributed by atoms with Gasteiger partial charge in [0.25, 0.3) is 5.69 Å². The van der Waals surface area contributed by atoms with Gasteiger partial charge >= 0.3 is 5.97 Å². The summed E-state index contributed by atoms with van der Waals surface area (Å²) in [4.78, 5) is 21.7. The Morgan fingerprint density at radius 2 is 2.39 bits per heavy atom. The lowest BCUT2D eigenvalue weighted by Gasteiger charge is -2.25. The van der Waals surface area contributed by atoms with Gasteiger partial charge in [-0.1, -0.05) is 6.07 Å². The number of rotatable bonds is 3. The smallest absolute Gasteiger partial charge is 0.307 e. The minimum Gasteiger partial charge on any atom is -0.469 e. The Morgan fingerprint density at radius 3 is 3.06 bits per heavy atom. The van der Waals surface area contributed by atoms with Crippen molar-refractivity contribution in [2.75, 3.05) is 13.7 Å². The number of ether oxygens (including phenoxy) is 1. The maximum Gasteiger partial charge on any atom is 0.307 e. The van der Waals surface area contributed by atoms with Gasteiger partial charge in [0.2, 0.25) is 0 Å². The summed E-state index contributed by atoms with van der Waals surface area (Å²) in [6, 6.07) is 4.59. The van der Waals surface area contributed by atoms with Crippen LogP contribution in [0.3, 0.4) is 0 Å². The van der Waals surface area contributed by atoms with Gasteiger partial charge in [0.1, 0.15) is 0 Å². The van der Waals surface area contributed by atoms with E-state index in [0.717, 1.165) is 24.1 Å². The number of nitrogens with zero attached hydrogens (tertiary/aromatic N) is 1. The first-order valence-electron chi connectivity index (χ1n) is 5.69. The molecule has 0 aliphatic carbocycles. The number of nitro groups is 1. The fourth-order valence-corrected chi connectivity index (χ4v) is 2.17. The third kappa shape index (κ3) is 2.48. The minimum atomic E-state index is -0.427. The highest BCUT2D eigenvalue weighted by Crippen LogP contribution is 2.29. The number of hydrogen-bond donors (Lipinski definition) is 1. The van der Waals surface area contributed by atoms with Crippen molar-refractivity contribution in [1.82, 2.24) is 5.32 Å². The van der Waals surface area contributed by atoms with Gasteiger partial charge in [0.15, 0.2) is 0 Å². The zero-order chi connectivity index (χ0) is 13.1. The number of nitro benzene ring substituents is 1. The van der Waals surface area contributed by atoms with E-state index in [0.29, 0.717) is 0 Å². The summed E-state index contributed by atoms with van der Waals surface area (Å²) >= 11 is 0. The molecule has 18 heavy (non-hydrogen) atoms. The van der Waals surface area contributed by atoms with Crippen molar-refractivity contribution in [3.63, 3.8) is 0 Å². The van der Waals surface area contributed by atoms with E-state index in [2.05, 4.69) is 10.1 Å². The van der Waals surface area contributed by atoms with Gasteiger partial charge in [-0.15, -0.1) is 0 Å². The van der Waals surface area contributed by atoms with Gasteiger partial charge in [-0.25, -0.2) is 0 Å². The molecular formula is C12H14N2O4. The molecular weight excluding hydrogens is 236 g/mol. The summed E-state index contributed by atoms with van der Waals surface area (Å²) < 4.78 is 4.63. The Morgan fingerprint density at radius 1 is 1.61 bits per heavy atom. The number of carbonyl (C=O) groups is 1. The summed E-state index contributed by atoms with van der Waals surface area (Å²) in [6.45, 7) is 0.756. The lowest BCUT2D eigenvalue weighted by atomic mass is 9.92. The van der Waals surface area contributed by atoms with E-state index in [1.54, 1.807) is 6.07 Å². The van der Waals surface area contributed by atoms with Gasteiger partial charge in [0.05, 0.1) is 18.5 Å². The molecule has 1 aromatic rings. The lowest BCUT2D eigenvalue weighted by molar-refractivity contribution is -0.385. The van der Waals surface area contributed by atoms with Crippen LogP contribution in [0.2, 0.25) is 0 Å².